The molecule has 0 atom stereocenters. The van der Waals surface area contributed by atoms with Gasteiger partial charge in [0.05, 0.1) is 22.2 Å². The summed E-state index contributed by atoms with van der Waals surface area (Å²) < 4.78 is 15.0. The summed E-state index contributed by atoms with van der Waals surface area (Å²) in [7, 11) is 0. The summed E-state index contributed by atoms with van der Waals surface area (Å²) in [5.74, 6) is -3.86. The number of carbonyl (C=O) groups excluding carboxylic acids is 1. The number of anilines is 1. The highest BCUT2D eigenvalue weighted by Crippen LogP contribution is 2.37. The number of rotatable bonds is 5. The number of piperidine rings is 1. The van der Waals surface area contributed by atoms with E-state index in [0.29, 0.717) is 21.5 Å². The molecule has 0 bridgehead atoms. The van der Waals surface area contributed by atoms with Crippen LogP contribution in [0.15, 0.2) is 79.0 Å². The highest BCUT2D eigenvalue weighted by Gasteiger charge is 2.37. The fourth-order valence-electron chi connectivity index (χ4n) is 4.78. The van der Waals surface area contributed by atoms with Gasteiger partial charge in [-0.1, -0.05) is 48.0 Å². The Kier molecular flexibility index (Phi) is 6.59. The minimum atomic E-state index is -2.54. The molecule has 5 rings (SSSR count). The van der Waals surface area contributed by atoms with Gasteiger partial charge in [0.2, 0.25) is 0 Å². The van der Waals surface area contributed by atoms with Crippen molar-refractivity contribution in [3.8, 4) is 0 Å². The summed E-state index contributed by atoms with van der Waals surface area (Å²) in [5, 5.41) is 36.3. The highest BCUT2D eigenvalue weighted by atomic mass is 35.5. The number of likely N-dealkylation sites (tertiary alicyclic amines) is 1. The lowest BCUT2D eigenvalue weighted by molar-refractivity contribution is -0.142. The molecule has 1 aliphatic heterocycles. The van der Waals surface area contributed by atoms with Crippen LogP contribution in [0.3, 0.4) is 0 Å². The van der Waals surface area contributed by atoms with Crippen LogP contribution >= 0.6 is 11.6 Å². The van der Waals surface area contributed by atoms with Gasteiger partial charge in [-0.15, -0.1) is 0 Å². The van der Waals surface area contributed by atoms with Crippen molar-refractivity contribution in [1.82, 2.24) is 9.88 Å². The van der Waals surface area contributed by atoms with E-state index >= 15 is 4.39 Å². The van der Waals surface area contributed by atoms with Crippen LogP contribution in [-0.2, 0) is 11.5 Å². The minimum Gasteiger partial charge on any atom is -0.385 e. The summed E-state index contributed by atoms with van der Waals surface area (Å²) in [6.45, 7) is 0.453. The average molecular weight is 522 g/mol. The number of benzene rings is 3. The van der Waals surface area contributed by atoms with E-state index in [2.05, 4.69) is 10.3 Å². The number of fused-ring (bicyclic) bond motifs is 1. The standard InChI is InChI=1S/C28H25ClFN3O4/c29-23-9-2-1-7-21(23)27(35)12-15-33(16-13-27)26(34)20-11-10-19(17-24(20)30)32-28(36,37)22-8-3-5-18-6-4-14-31-25(18)22/h1-11,14,17,32,35-37H,12-13,15-16H2. The molecule has 0 spiro atoms. The molecule has 0 radical (unpaired) electrons. The van der Waals surface area contributed by atoms with Gasteiger partial charge in [0.15, 0.2) is 0 Å². The molecule has 9 heteroatoms. The zero-order valence-corrected chi connectivity index (χ0v) is 20.5. The van der Waals surface area contributed by atoms with Gasteiger partial charge < -0.3 is 25.5 Å². The number of para-hydroxylation sites is 1. The molecule has 7 nitrogen and oxygen atoms in total. The van der Waals surface area contributed by atoms with E-state index in [1.165, 1.54) is 29.3 Å². The number of hydrogen-bond acceptors (Lipinski definition) is 6. The summed E-state index contributed by atoms with van der Waals surface area (Å²) in [6.07, 6.45) is 2.07. The predicted octanol–water partition coefficient (Wildman–Crippen LogP) is 4.36. The summed E-state index contributed by atoms with van der Waals surface area (Å²) in [6, 6.07) is 19.3. The molecule has 1 saturated heterocycles. The lowest BCUT2D eigenvalue weighted by Gasteiger charge is -2.39. The van der Waals surface area contributed by atoms with E-state index in [4.69, 9.17) is 11.6 Å². The molecule has 2 heterocycles. The molecule has 1 fully saturated rings. The third kappa shape index (κ3) is 4.89. The Hall–Kier alpha value is -3.56. The maximum atomic E-state index is 15.0. The van der Waals surface area contributed by atoms with Gasteiger partial charge >= 0.3 is 0 Å². The molecule has 190 valence electrons. The number of aliphatic hydroxyl groups is 3. The molecule has 3 aromatic carbocycles. The maximum absolute atomic E-state index is 15.0. The van der Waals surface area contributed by atoms with Gasteiger partial charge in [-0.2, -0.15) is 0 Å². The third-order valence-corrected chi connectivity index (χ3v) is 7.11. The van der Waals surface area contributed by atoms with E-state index in [-0.39, 0.29) is 42.7 Å². The molecule has 0 saturated carbocycles. The first kappa shape index (κ1) is 25.1. The second kappa shape index (κ2) is 9.72. The fraction of sp³-hybridized carbons (Fsp3) is 0.214. The Morgan fingerprint density at radius 3 is 2.49 bits per heavy atom. The Balaban J connectivity index is 1.30. The Morgan fingerprint density at radius 2 is 1.76 bits per heavy atom. The smallest absolute Gasteiger partial charge is 0.274 e. The van der Waals surface area contributed by atoms with E-state index in [9.17, 15) is 20.1 Å². The monoisotopic (exact) mass is 521 g/mol. The lowest BCUT2D eigenvalue weighted by Crippen LogP contribution is -2.45. The molecule has 4 aromatic rings. The van der Waals surface area contributed by atoms with Gasteiger partial charge in [0.25, 0.3) is 11.8 Å². The second-order valence-electron chi connectivity index (χ2n) is 9.18. The lowest BCUT2D eigenvalue weighted by atomic mass is 9.84. The summed E-state index contributed by atoms with van der Waals surface area (Å²) in [4.78, 5) is 18.8. The number of carbonyl (C=O) groups is 1. The Bertz CT molecular complexity index is 1470. The van der Waals surface area contributed by atoms with Crippen molar-refractivity contribution in [3.05, 3.63) is 107 Å². The van der Waals surface area contributed by atoms with Crippen LogP contribution in [0.25, 0.3) is 10.9 Å². The van der Waals surface area contributed by atoms with Crippen LogP contribution in [0.5, 0.6) is 0 Å². The first-order valence-corrected chi connectivity index (χ1v) is 12.2. The number of halogens is 2. The summed E-state index contributed by atoms with van der Waals surface area (Å²) in [5.41, 5.74) is -0.144. The van der Waals surface area contributed by atoms with Gasteiger partial charge in [-0.25, -0.2) is 4.39 Å². The zero-order chi connectivity index (χ0) is 26.2. The SMILES string of the molecule is O=C(c1ccc(NC(O)(O)c2cccc3cccnc23)cc1F)N1CCC(O)(c2ccccc2Cl)CC1. The van der Waals surface area contributed by atoms with Gasteiger partial charge in [0, 0.05) is 40.9 Å². The van der Waals surface area contributed by atoms with E-state index in [1.807, 2.05) is 0 Å². The number of hydrogen-bond donors (Lipinski definition) is 4. The van der Waals surface area contributed by atoms with Crippen molar-refractivity contribution in [2.24, 2.45) is 0 Å². The van der Waals surface area contributed by atoms with E-state index in [0.717, 1.165) is 6.07 Å². The molecule has 0 unspecified atom stereocenters. The first-order chi connectivity index (χ1) is 17.7. The number of pyridine rings is 1. The average Bonchev–Trinajstić information content (AvgIpc) is 2.88. The molecule has 1 aromatic heterocycles. The molecule has 4 N–H and O–H groups in total. The van der Waals surface area contributed by atoms with E-state index < -0.39 is 23.2 Å². The van der Waals surface area contributed by atoms with Crippen LogP contribution in [-0.4, -0.2) is 44.2 Å². The molecule has 1 aliphatic rings. The molecular formula is C28H25ClFN3O4. The topological polar surface area (TPSA) is 106 Å². The Morgan fingerprint density at radius 1 is 1.03 bits per heavy atom. The highest BCUT2D eigenvalue weighted by molar-refractivity contribution is 6.31. The fourth-order valence-corrected chi connectivity index (χ4v) is 5.09. The van der Waals surface area contributed by atoms with Crippen LogP contribution in [0.4, 0.5) is 10.1 Å². The van der Waals surface area contributed by atoms with E-state index in [1.54, 1.807) is 48.5 Å². The van der Waals surface area contributed by atoms with Crippen LogP contribution in [0.1, 0.15) is 34.3 Å². The number of nitrogens with one attached hydrogen (secondary N) is 1. The van der Waals surface area contributed by atoms with Gasteiger partial charge in [0.1, 0.15) is 5.82 Å². The van der Waals surface area contributed by atoms with Gasteiger partial charge in [-0.05, 0) is 49.2 Å². The first-order valence-electron chi connectivity index (χ1n) is 11.8. The van der Waals surface area contributed by atoms with Crippen LogP contribution in [0, 0.1) is 5.82 Å². The van der Waals surface area contributed by atoms with Crippen molar-refractivity contribution in [2.45, 2.75) is 24.4 Å². The van der Waals surface area contributed by atoms with Crippen molar-refractivity contribution in [2.75, 3.05) is 18.4 Å². The van der Waals surface area contributed by atoms with Crippen LogP contribution < -0.4 is 5.32 Å². The number of aromatic nitrogens is 1. The number of nitrogens with zero attached hydrogens (tertiary/aromatic N) is 2. The maximum Gasteiger partial charge on any atom is 0.274 e. The largest absolute Gasteiger partial charge is 0.385 e. The quantitative estimate of drug-likeness (QED) is 0.291. The van der Waals surface area contributed by atoms with Crippen molar-refractivity contribution >= 4 is 34.1 Å². The second-order valence-corrected chi connectivity index (χ2v) is 9.58. The molecule has 0 aliphatic carbocycles. The third-order valence-electron chi connectivity index (χ3n) is 6.78. The van der Waals surface area contributed by atoms with Crippen LogP contribution in [0.2, 0.25) is 5.02 Å². The van der Waals surface area contributed by atoms with Crippen molar-refractivity contribution in [1.29, 1.82) is 0 Å². The van der Waals surface area contributed by atoms with Crippen molar-refractivity contribution in [3.63, 3.8) is 0 Å². The predicted molar refractivity (Wildman–Crippen MR) is 138 cm³/mol. The number of amides is 1. The molecule has 1 amide bonds. The van der Waals surface area contributed by atoms with Gasteiger partial charge in [-0.3, -0.25) is 9.78 Å². The minimum absolute atomic E-state index is 0.0683. The van der Waals surface area contributed by atoms with Crippen molar-refractivity contribution < 1.29 is 24.5 Å². The molecular weight excluding hydrogens is 497 g/mol. The summed E-state index contributed by atoms with van der Waals surface area (Å²) >= 11 is 6.26. The molecule has 37 heavy (non-hydrogen) atoms. The Labute approximate surface area is 217 Å². The zero-order valence-electron chi connectivity index (χ0n) is 19.7. The normalized spacial score (nSPS) is 15.5.